The highest BCUT2D eigenvalue weighted by Gasteiger charge is 2.66. The molecule has 0 bridgehead atoms. The molecule has 0 amide bonds. The van der Waals surface area contributed by atoms with E-state index in [0.29, 0.717) is 23.3 Å². The largest absolute Gasteiger partial charge is 0.462 e. The maximum atomic E-state index is 12.4. The number of hydrogen-bond donors (Lipinski definition) is 1. The number of Topliss-reactive ketones (excluding diaryl/α,β-unsaturated/α-hetero) is 1. The molecule has 3 saturated carbocycles. The van der Waals surface area contributed by atoms with Crippen LogP contribution in [0.4, 0.5) is 0 Å². The average molecular weight is 387 g/mol. The molecular weight excluding hydrogens is 352 g/mol. The number of carbonyl (C=O) groups is 2. The molecule has 0 aromatic carbocycles. The van der Waals surface area contributed by atoms with Gasteiger partial charge in [-0.15, -0.1) is 0 Å². The van der Waals surface area contributed by atoms with Crippen molar-refractivity contribution in [2.24, 2.45) is 28.6 Å². The summed E-state index contributed by atoms with van der Waals surface area (Å²) in [6, 6.07) is 0. The lowest BCUT2D eigenvalue weighted by molar-refractivity contribution is -0.155. The average Bonchev–Trinajstić information content (AvgIpc) is 2.83. The summed E-state index contributed by atoms with van der Waals surface area (Å²) in [7, 11) is 0. The number of hydrogen-bond acceptors (Lipinski definition) is 4. The van der Waals surface area contributed by atoms with Gasteiger partial charge in [-0.1, -0.05) is 32.1 Å². The van der Waals surface area contributed by atoms with E-state index >= 15 is 0 Å². The summed E-state index contributed by atoms with van der Waals surface area (Å²) in [6.45, 7) is 11.7. The Balaban J connectivity index is 1.65. The third-order valence-electron chi connectivity index (χ3n) is 9.09. The van der Waals surface area contributed by atoms with E-state index in [4.69, 9.17) is 4.74 Å². The minimum absolute atomic E-state index is 0.0105. The van der Waals surface area contributed by atoms with Crippen LogP contribution in [0.2, 0.25) is 0 Å². The van der Waals surface area contributed by atoms with E-state index in [2.05, 4.69) is 26.5 Å². The highest BCUT2D eigenvalue weighted by molar-refractivity contribution is 5.90. The van der Waals surface area contributed by atoms with Gasteiger partial charge in [0, 0.05) is 18.8 Å². The van der Waals surface area contributed by atoms with Crippen LogP contribution >= 0.6 is 0 Å². The first kappa shape index (κ1) is 19.9. The molecular formula is C24H34O4. The van der Waals surface area contributed by atoms with Gasteiger partial charge in [-0.25, -0.2) is 0 Å². The zero-order valence-corrected chi connectivity index (χ0v) is 17.7. The van der Waals surface area contributed by atoms with Gasteiger partial charge in [0.15, 0.2) is 5.78 Å². The first-order valence-electron chi connectivity index (χ1n) is 10.8. The van der Waals surface area contributed by atoms with Crippen LogP contribution in [-0.2, 0) is 14.3 Å². The number of ketones is 1. The number of esters is 1. The van der Waals surface area contributed by atoms with Crippen molar-refractivity contribution >= 4 is 11.8 Å². The molecule has 0 aromatic heterocycles. The van der Waals surface area contributed by atoms with Crippen molar-refractivity contribution in [3.63, 3.8) is 0 Å². The van der Waals surface area contributed by atoms with Crippen LogP contribution in [0.1, 0.15) is 72.6 Å². The van der Waals surface area contributed by atoms with E-state index in [0.717, 1.165) is 44.9 Å². The summed E-state index contributed by atoms with van der Waals surface area (Å²) in [5.74, 6) is 0.993. The lowest BCUT2D eigenvalue weighted by Gasteiger charge is -2.58. The monoisotopic (exact) mass is 386 g/mol. The molecule has 4 heteroatoms. The van der Waals surface area contributed by atoms with Crippen LogP contribution in [0, 0.1) is 28.6 Å². The molecule has 4 aliphatic rings. The van der Waals surface area contributed by atoms with Gasteiger partial charge in [-0.05, 0) is 74.2 Å². The molecule has 3 fully saturated rings. The summed E-state index contributed by atoms with van der Waals surface area (Å²) in [4.78, 5) is 23.8. The molecule has 0 aliphatic heterocycles. The number of aliphatic hydroxyl groups is 1. The number of allylic oxidation sites excluding steroid dienone is 1. The Hall–Kier alpha value is -1.42. The Morgan fingerprint density at radius 2 is 1.86 bits per heavy atom. The van der Waals surface area contributed by atoms with Gasteiger partial charge in [-0.2, -0.15) is 0 Å². The Labute approximate surface area is 168 Å². The second-order valence-electron chi connectivity index (χ2n) is 10.3. The normalized spacial score (nSPS) is 47.5. The van der Waals surface area contributed by atoms with Gasteiger partial charge in [0.2, 0.25) is 0 Å². The number of ether oxygens (including phenoxy) is 1. The highest BCUT2D eigenvalue weighted by atomic mass is 16.5. The lowest BCUT2D eigenvalue weighted by atomic mass is 9.46. The molecule has 7 atom stereocenters. The first-order chi connectivity index (χ1) is 13.0. The topological polar surface area (TPSA) is 63.6 Å². The van der Waals surface area contributed by atoms with Crippen LogP contribution in [0.3, 0.4) is 0 Å². The summed E-state index contributed by atoms with van der Waals surface area (Å²) < 4.78 is 5.51. The third-order valence-corrected chi connectivity index (χ3v) is 9.09. The number of rotatable bonds is 2. The van der Waals surface area contributed by atoms with Gasteiger partial charge < -0.3 is 9.84 Å². The number of carbonyl (C=O) groups excluding carboxylic acids is 2. The molecule has 154 valence electrons. The maximum Gasteiger partial charge on any atom is 0.302 e. The number of fused-ring (bicyclic) bond motifs is 5. The molecule has 4 aliphatic carbocycles. The molecule has 0 spiro atoms. The van der Waals surface area contributed by atoms with Crippen LogP contribution in [-0.4, -0.2) is 28.6 Å². The Kier molecular flexibility index (Phi) is 4.46. The molecule has 0 saturated heterocycles. The van der Waals surface area contributed by atoms with Crippen molar-refractivity contribution in [1.29, 1.82) is 0 Å². The summed E-state index contributed by atoms with van der Waals surface area (Å²) in [5.41, 5.74) is 0.521. The van der Waals surface area contributed by atoms with Crippen molar-refractivity contribution in [3.8, 4) is 0 Å². The van der Waals surface area contributed by atoms with Crippen LogP contribution in [0.15, 0.2) is 23.8 Å². The van der Waals surface area contributed by atoms with E-state index in [1.807, 2.05) is 0 Å². The zero-order chi connectivity index (χ0) is 20.5. The predicted octanol–water partition coefficient (Wildman–Crippen LogP) is 4.37. The zero-order valence-electron chi connectivity index (χ0n) is 17.7. The predicted molar refractivity (Wildman–Crippen MR) is 107 cm³/mol. The molecule has 28 heavy (non-hydrogen) atoms. The fraction of sp³-hybridized carbons (Fsp3) is 0.750. The fourth-order valence-corrected chi connectivity index (χ4v) is 7.58. The van der Waals surface area contributed by atoms with E-state index in [1.54, 1.807) is 0 Å². The summed E-state index contributed by atoms with van der Waals surface area (Å²) >= 11 is 0. The summed E-state index contributed by atoms with van der Waals surface area (Å²) in [5, 5.41) is 11.4. The molecule has 0 heterocycles. The molecule has 0 unspecified atom stereocenters. The van der Waals surface area contributed by atoms with Gasteiger partial charge in [-0.3, -0.25) is 9.59 Å². The van der Waals surface area contributed by atoms with Crippen LogP contribution in [0.5, 0.6) is 0 Å². The van der Waals surface area contributed by atoms with Gasteiger partial charge >= 0.3 is 5.97 Å². The smallest absolute Gasteiger partial charge is 0.302 e. The first-order valence-corrected chi connectivity index (χ1v) is 10.8. The fourth-order valence-electron chi connectivity index (χ4n) is 7.58. The molecule has 0 aromatic rings. The Morgan fingerprint density at radius 1 is 1.14 bits per heavy atom. The van der Waals surface area contributed by atoms with Crippen molar-refractivity contribution in [3.05, 3.63) is 23.8 Å². The molecule has 4 rings (SSSR count). The van der Waals surface area contributed by atoms with E-state index in [9.17, 15) is 14.7 Å². The molecule has 4 nitrogen and oxygen atoms in total. The highest BCUT2D eigenvalue weighted by Crippen LogP contribution is 2.68. The van der Waals surface area contributed by atoms with Gasteiger partial charge in [0.05, 0.1) is 0 Å². The third kappa shape index (κ3) is 2.46. The lowest BCUT2D eigenvalue weighted by Crippen LogP contribution is -2.57. The Bertz CT molecular complexity index is 767. The maximum absolute atomic E-state index is 12.4. The second-order valence-corrected chi connectivity index (χ2v) is 10.3. The second kappa shape index (κ2) is 6.29. The quantitative estimate of drug-likeness (QED) is 0.565. The molecule has 0 radical (unpaired) electrons. The minimum Gasteiger partial charge on any atom is -0.462 e. The van der Waals surface area contributed by atoms with Crippen LogP contribution < -0.4 is 0 Å². The SMILES string of the molecule is C=C1C[C@H]2[C@@H]3CC=C4C[C@@H](OC(C)=O)CC[C@]4(C)[C@H]3CC[C@]2(C)[C@@]1(O)C(C)=O. The van der Waals surface area contributed by atoms with E-state index in [-0.39, 0.29) is 23.3 Å². The van der Waals surface area contributed by atoms with Crippen molar-refractivity contribution in [2.75, 3.05) is 0 Å². The Morgan fingerprint density at radius 3 is 2.50 bits per heavy atom. The van der Waals surface area contributed by atoms with Gasteiger partial charge in [0.1, 0.15) is 11.7 Å². The van der Waals surface area contributed by atoms with Crippen molar-refractivity contribution in [1.82, 2.24) is 0 Å². The summed E-state index contributed by atoms with van der Waals surface area (Å²) in [6.07, 6.45) is 8.85. The van der Waals surface area contributed by atoms with Crippen molar-refractivity contribution in [2.45, 2.75) is 84.3 Å². The standard InChI is InChI=1S/C24H34O4/c1-14-12-21-19-7-6-17-13-18(28-16(3)26)8-10-22(17,4)20(19)9-11-23(21,5)24(14,27)15(2)25/h6,18-21,27H,1,7-13H2,2-5H3/t18-,19+,20-,21-,22-,23-,24-/m0/s1. The van der Waals surface area contributed by atoms with E-state index in [1.165, 1.54) is 19.4 Å². The van der Waals surface area contributed by atoms with Crippen LogP contribution in [0.25, 0.3) is 0 Å². The van der Waals surface area contributed by atoms with Gasteiger partial charge in [0.25, 0.3) is 0 Å². The van der Waals surface area contributed by atoms with Crippen molar-refractivity contribution < 1.29 is 19.4 Å². The minimum atomic E-state index is -1.37. The molecule has 1 N–H and O–H groups in total. The van der Waals surface area contributed by atoms with E-state index < -0.39 is 11.0 Å².